The van der Waals surface area contributed by atoms with Crippen LogP contribution in [-0.2, 0) is 6.54 Å². The largest absolute Gasteiger partial charge is 0.298 e. The van der Waals surface area contributed by atoms with Gasteiger partial charge in [0.1, 0.15) is 6.29 Å². The summed E-state index contributed by atoms with van der Waals surface area (Å²) in [4.78, 5) is 13.0. The van der Waals surface area contributed by atoms with E-state index in [4.69, 9.17) is 0 Å². The number of hydrogen-bond donors (Lipinski definition) is 0. The summed E-state index contributed by atoms with van der Waals surface area (Å²) in [5.74, 6) is 0. The first-order valence-electron chi connectivity index (χ1n) is 5.84. The lowest BCUT2D eigenvalue weighted by Crippen LogP contribution is -2.36. The standard InChI is InChI=1S/C14H21NO/c1-11(2)15(12(3)4)9-13-5-7-14(10-16)8-6-13/h5-8,10-12H,9H2,1-4H3. The molecule has 0 N–H and O–H groups in total. The van der Waals surface area contributed by atoms with Crippen LogP contribution in [0.4, 0.5) is 0 Å². The highest BCUT2D eigenvalue weighted by Crippen LogP contribution is 2.12. The molecule has 16 heavy (non-hydrogen) atoms. The number of carbonyl (C=O) groups is 1. The molecule has 0 unspecified atom stereocenters. The van der Waals surface area contributed by atoms with E-state index in [1.165, 1.54) is 5.56 Å². The van der Waals surface area contributed by atoms with Crippen molar-refractivity contribution in [2.45, 2.75) is 46.3 Å². The first kappa shape index (κ1) is 12.9. The fourth-order valence-electron chi connectivity index (χ4n) is 1.87. The van der Waals surface area contributed by atoms with E-state index in [0.29, 0.717) is 12.1 Å². The zero-order chi connectivity index (χ0) is 12.1. The number of benzene rings is 1. The van der Waals surface area contributed by atoms with Gasteiger partial charge >= 0.3 is 0 Å². The highest BCUT2D eigenvalue weighted by molar-refractivity contribution is 5.74. The molecule has 0 spiro atoms. The fourth-order valence-corrected chi connectivity index (χ4v) is 1.87. The van der Waals surface area contributed by atoms with Gasteiger partial charge in [-0.05, 0) is 33.3 Å². The minimum Gasteiger partial charge on any atom is -0.298 e. The topological polar surface area (TPSA) is 20.3 Å². The molecule has 0 aliphatic heterocycles. The predicted octanol–water partition coefficient (Wildman–Crippen LogP) is 3.12. The predicted molar refractivity (Wildman–Crippen MR) is 67.6 cm³/mol. The van der Waals surface area contributed by atoms with Crippen molar-refractivity contribution in [1.82, 2.24) is 4.90 Å². The average Bonchev–Trinajstić information content (AvgIpc) is 2.25. The molecule has 0 radical (unpaired) electrons. The van der Waals surface area contributed by atoms with Crippen LogP contribution in [0, 0.1) is 0 Å². The van der Waals surface area contributed by atoms with Crippen molar-refractivity contribution >= 4 is 6.29 Å². The van der Waals surface area contributed by atoms with Crippen LogP contribution in [0.2, 0.25) is 0 Å². The maximum absolute atomic E-state index is 10.5. The van der Waals surface area contributed by atoms with E-state index in [1.54, 1.807) is 0 Å². The molecule has 1 rings (SSSR count). The SMILES string of the molecule is CC(C)N(Cc1ccc(C=O)cc1)C(C)C. The average molecular weight is 219 g/mol. The minimum atomic E-state index is 0.533. The summed E-state index contributed by atoms with van der Waals surface area (Å²) in [6.07, 6.45) is 0.881. The van der Waals surface area contributed by atoms with Crippen LogP contribution in [0.15, 0.2) is 24.3 Å². The number of aldehydes is 1. The van der Waals surface area contributed by atoms with Crippen molar-refractivity contribution in [3.8, 4) is 0 Å². The maximum Gasteiger partial charge on any atom is 0.150 e. The summed E-state index contributed by atoms with van der Waals surface area (Å²) in [6, 6.07) is 8.88. The Morgan fingerprint density at radius 3 is 1.94 bits per heavy atom. The second-order valence-corrected chi connectivity index (χ2v) is 4.72. The molecule has 0 aliphatic carbocycles. The van der Waals surface area contributed by atoms with Gasteiger partial charge in [0, 0.05) is 24.2 Å². The Balaban J connectivity index is 2.73. The molecule has 1 aromatic rings. The quantitative estimate of drug-likeness (QED) is 0.709. The van der Waals surface area contributed by atoms with Gasteiger partial charge in [-0.3, -0.25) is 9.69 Å². The molecule has 0 amide bonds. The monoisotopic (exact) mass is 219 g/mol. The van der Waals surface area contributed by atoms with Crippen molar-refractivity contribution in [1.29, 1.82) is 0 Å². The van der Waals surface area contributed by atoms with Gasteiger partial charge in [-0.1, -0.05) is 24.3 Å². The first-order valence-corrected chi connectivity index (χ1v) is 5.84. The van der Waals surface area contributed by atoms with Gasteiger partial charge in [0.05, 0.1) is 0 Å². The smallest absolute Gasteiger partial charge is 0.150 e. The molecule has 1 aromatic carbocycles. The van der Waals surface area contributed by atoms with Crippen molar-refractivity contribution in [3.05, 3.63) is 35.4 Å². The Morgan fingerprint density at radius 1 is 1.06 bits per heavy atom. The lowest BCUT2D eigenvalue weighted by molar-refractivity contribution is 0.112. The lowest BCUT2D eigenvalue weighted by Gasteiger charge is -2.30. The van der Waals surface area contributed by atoms with Crippen molar-refractivity contribution in [2.75, 3.05) is 0 Å². The van der Waals surface area contributed by atoms with Gasteiger partial charge in [0.25, 0.3) is 0 Å². The summed E-state index contributed by atoms with van der Waals surface area (Å²) in [5, 5.41) is 0. The van der Waals surface area contributed by atoms with Crippen LogP contribution in [0.25, 0.3) is 0 Å². The van der Waals surface area contributed by atoms with Crippen molar-refractivity contribution in [2.24, 2.45) is 0 Å². The van der Waals surface area contributed by atoms with Gasteiger partial charge in [0.2, 0.25) is 0 Å². The van der Waals surface area contributed by atoms with E-state index in [0.717, 1.165) is 18.4 Å². The molecular formula is C14H21NO. The molecule has 0 saturated heterocycles. The second kappa shape index (κ2) is 5.80. The summed E-state index contributed by atoms with van der Waals surface area (Å²) in [6.45, 7) is 9.77. The Kier molecular flexibility index (Phi) is 4.69. The van der Waals surface area contributed by atoms with E-state index in [-0.39, 0.29) is 0 Å². The normalized spacial score (nSPS) is 11.4. The van der Waals surface area contributed by atoms with Crippen LogP contribution >= 0.6 is 0 Å². The number of nitrogens with zero attached hydrogens (tertiary/aromatic N) is 1. The van der Waals surface area contributed by atoms with Gasteiger partial charge in [0.15, 0.2) is 0 Å². The zero-order valence-electron chi connectivity index (χ0n) is 10.6. The lowest BCUT2D eigenvalue weighted by atomic mass is 10.1. The third kappa shape index (κ3) is 3.46. The second-order valence-electron chi connectivity index (χ2n) is 4.72. The molecule has 0 aromatic heterocycles. The van der Waals surface area contributed by atoms with Crippen LogP contribution in [0.3, 0.4) is 0 Å². The Labute approximate surface area is 98.3 Å². The summed E-state index contributed by atoms with van der Waals surface area (Å²) < 4.78 is 0. The molecule has 0 atom stereocenters. The molecule has 2 heteroatoms. The Morgan fingerprint density at radius 2 is 1.56 bits per heavy atom. The van der Waals surface area contributed by atoms with E-state index in [2.05, 4.69) is 32.6 Å². The van der Waals surface area contributed by atoms with Gasteiger partial charge in [-0.15, -0.1) is 0 Å². The van der Waals surface area contributed by atoms with E-state index < -0.39 is 0 Å². The third-order valence-electron chi connectivity index (χ3n) is 2.81. The van der Waals surface area contributed by atoms with Crippen LogP contribution in [0.1, 0.15) is 43.6 Å². The zero-order valence-corrected chi connectivity index (χ0v) is 10.6. The van der Waals surface area contributed by atoms with E-state index in [1.807, 2.05) is 24.3 Å². The third-order valence-corrected chi connectivity index (χ3v) is 2.81. The highest BCUT2D eigenvalue weighted by atomic mass is 16.1. The molecule has 0 saturated carbocycles. The highest BCUT2D eigenvalue weighted by Gasteiger charge is 2.13. The fraction of sp³-hybridized carbons (Fsp3) is 0.500. The van der Waals surface area contributed by atoms with Crippen molar-refractivity contribution in [3.63, 3.8) is 0 Å². The minimum absolute atomic E-state index is 0.533. The van der Waals surface area contributed by atoms with Gasteiger partial charge in [-0.25, -0.2) is 0 Å². The number of carbonyl (C=O) groups excluding carboxylic acids is 1. The summed E-state index contributed by atoms with van der Waals surface area (Å²) in [5.41, 5.74) is 2.00. The summed E-state index contributed by atoms with van der Waals surface area (Å²) >= 11 is 0. The Bertz CT molecular complexity index is 319. The molecule has 88 valence electrons. The molecular weight excluding hydrogens is 198 g/mol. The van der Waals surface area contributed by atoms with E-state index >= 15 is 0 Å². The molecule has 2 nitrogen and oxygen atoms in total. The van der Waals surface area contributed by atoms with Crippen LogP contribution in [0.5, 0.6) is 0 Å². The first-order chi connectivity index (χ1) is 7.54. The maximum atomic E-state index is 10.5. The number of hydrogen-bond acceptors (Lipinski definition) is 2. The van der Waals surface area contributed by atoms with Crippen molar-refractivity contribution < 1.29 is 4.79 Å². The van der Waals surface area contributed by atoms with Crippen LogP contribution < -0.4 is 0 Å². The van der Waals surface area contributed by atoms with E-state index in [9.17, 15) is 4.79 Å². The molecule has 0 heterocycles. The summed E-state index contributed by atoms with van der Waals surface area (Å²) in [7, 11) is 0. The Hall–Kier alpha value is -1.15. The molecule has 0 aliphatic rings. The van der Waals surface area contributed by atoms with Gasteiger partial charge < -0.3 is 0 Å². The molecule has 0 fully saturated rings. The molecule has 0 bridgehead atoms. The van der Waals surface area contributed by atoms with Crippen LogP contribution in [-0.4, -0.2) is 23.3 Å². The van der Waals surface area contributed by atoms with Gasteiger partial charge in [-0.2, -0.15) is 0 Å². The number of rotatable bonds is 5.